The van der Waals surface area contributed by atoms with Crippen LogP contribution < -0.4 is 19.6 Å². The average molecular weight is 1110 g/mol. The summed E-state index contributed by atoms with van der Waals surface area (Å²) in [5, 5.41) is 0. The van der Waals surface area contributed by atoms with Gasteiger partial charge in [-0.2, -0.15) is 0 Å². The molecular formula is C82H66N4. The molecule has 4 nitrogen and oxygen atoms in total. The molecule has 0 atom stereocenters. The SMILES string of the molecule is CC(c1ccc(N(c2ccccc2)c2ccccc2)cc1)(c1ccc(N(c2ccccc2)c2ccccc2)cc1)c1ccc(C(C)(c2ccc(N(c3ccccc3)c3ccccc3)cc2)c2ccc(N(c3ccccc3)c3ccccc3)cc2)cc1. The van der Waals surface area contributed by atoms with Crippen LogP contribution in [0.1, 0.15) is 47.2 Å². The van der Waals surface area contributed by atoms with Crippen LogP contribution in [0.2, 0.25) is 0 Å². The van der Waals surface area contributed by atoms with E-state index in [-0.39, 0.29) is 0 Å². The molecule has 86 heavy (non-hydrogen) atoms. The molecule has 0 aliphatic carbocycles. The molecule has 0 amide bonds. The van der Waals surface area contributed by atoms with E-state index in [0.717, 1.165) is 68.2 Å². The van der Waals surface area contributed by atoms with Crippen LogP contribution in [0.4, 0.5) is 68.2 Å². The van der Waals surface area contributed by atoms with Gasteiger partial charge in [0.25, 0.3) is 0 Å². The average Bonchev–Trinajstić information content (AvgIpc) is 1.13. The molecule has 0 aliphatic rings. The molecule has 0 heterocycles. The highest BCUT2D eigenvalue weighted by atomic mass is 15.2. The monoisotopic (exact) mass is 1110 g/mol. The fourth-order valence-corrected chi connectivity index (χ4v) is 12.3. The normalized spacial score (nSPS) is 11.4. The Morgan fingerprint density at radius 2 is 0.244 bits per heavy atom. The summed E-state index contributed by atoms with van der Waals surface area (Å²) < 4.78 is 0. The van der Waals surface area contributed by atoms with Crippen LogP contribution in [-0.4, -0.2) is 0 Å². The van der Waals surface area contributed by atoms with Gasteiger partial charge < -0.3 is 19.6 Å². The Morgan fingerprint density at radius 3 is 0.372 bits per heavy atom. The number of nitrogens with zero attached hydrogens (tertiary/aromatic N) is 4. The first-order chi connectivity index (χ1) is 42.4. The molecule has 0 bridgehead atoms. The molecule has 13 aromatic carbocycles. The topological polar surface area (TPSA) is 13.0 Å². The summed E-state index contributed by atoms with van der Waals surface area (Å²) in [7, 11) is 0. The van der Waals surface area contributed by atoms with Crippen molar-refractivity contribution in [1.82, 2.24) is 0 Å². The highest BCUT2D eigenvalue weighted by Crippen LogP contribution is 2.47. The van der Waals surface area contributed by atoms with Gasteiger partial charge >= 0.3 is 0 Å². The number of rotatable bonds is 18. The standard InChI is InChI=1S/C82H66N4/c1-81(65-47-55-77(56-48-65)83(69-27-11-3-12-28-69)70-29-13-4-14-30-70,66-49-57-78(58-50-66)84(71-31-15-5-16-32-71)72-33-17-6-18-34-72)63-43-45-64(46-44-63)82(2,67-51-59-79(60-52-67)85(73-35-19-7-20-36-73)74-37-21-8-22-38-74)68-53-61-80(62-54-68)86(75-39-23-9-24-40-75)76-41-25-10-26-42-76/h3-62H,1-2H3. The van der Waals surface area contributed by atoms with Crippen molar-refractivity contribution < 1.29 is 0 Å². The second kappa shape index (κ2) is 24.5. The van der Waals surface area contributed by atoms with Crippen molar-refractivity contribution in [3.63, 3.8) is 0 Å². The molecule has 414 valence electrons. The largest absolute Gasteiger partial charge is 0.311 e. The van der Waals surface area contributed by atoms with Crippen LogP contribution in [0.15, 0.2) is 364 Å². The van der Waals surface area contributed by atoms with Crippen LogP contribution in [-0.2, 0) is 10.8 Å². The lowest BCUT2D eigenvalue weighted by molar-refractivity contribution is 0.677. The second-order valence-electron chi connectivity index (χ2n) is 22.0. The Bertz CT molecular complexity index is 3540. The van der Waals surface area contributed by atoms with E-state index >= 15 is 0 Å². The Labute approximate surface area is 507 Å². The molecule has 13 rings (SSSR count). The van der Waals surface area contributed by atoms with Gasteiger partial charge in [-0.15, -0.1) is 0 Å². The quantitative estimate of drug-likeness (QED) is 0.0794. The zero-order valence-corrected chi connectivity index (χ0v) is 48.4. The molecule has 13 aromatic rings. The summed E-state index contributed by atoms with van der Waals surface area (Å²) in [6.07, 6.45) is 0. The molecular weight excluding hydrogens is 1040 g/mol. The van der Waals surface area contributed by atoms with E-state index in [1.54, 1.807) is 0 Å². The molecule has 0 saturated carbocycles. The van der Waals surface area contributed by atoms with Gasteiger partial charge in [-0.05, 0) is 193 Å². The maximum atomic E-state index is 2.39. The highest BCUT2D eigenvalue weighted by Gasteiger charge is 2.36. The lowest BCUT2D eigenvalue weighted by atomic mass is 9.68. The first-order valence-electron chi connectivity index (χ1n) is 29.6. The van der Waals surface area contributed by atoms with Gasteiger partial charge in [-0.3, -0.25) is 0 Å². The van der Waals surface area contributed by atoms with Gasteiger partial charge in [0.2, 0.25) is 0 Å². The second-order valence-corrected chi connectivity index (χ2v) is 22.0. The Hall–Kier alpha value is -10.9. The molecule has 4 heteroatoms. The van der Waals surface area contributed by atoms with Gasteiger partial charge in [0.05, 0.1) is 0 Å². The summed E-state index contributed by atoms with van der Waals surface area (Å²) >= 11 is 0. The first-order valence-corrected chi connectivity index (χ1v) is 29.6. The predicted molar refractivity (Wildman–Crippen MR) is 362 cm³/mol. The maximum absolute atomic E-state index is 2.39. The summed E-state index contributed by atoms with van der Waals surface area (Å²) in [6, 6.07) is 131. The van der Waals surface area contributed by atoms with Gasteiger partial charge in [-0.1, -0.05) is 218 Å². The molecule has 0 aliphatic heterocycles. The lowest BCUT2D eigenvalue weighted by Crippen LogP contribution is -2.28. The Balaban J connectivity index is 0.939. The number of benzene rings is 13. The molecule has 0 aromatic heterocycles. The minimum absolute atomic E-state index is 0.583. The fraction of sp³-hybridized carbons (Fsp3) is 0.0488. The van der Waals surface area contributed by atoms with E-state index in [0.29, 0.717) is 0 Å². The number of para-hydroxylation sites is 8. The first kappa shape index (κ1) is 54.3. The van der Waals surface area contributed by atoms with Crippen molar-refractivity contribution in [2.45, 2.75) is 24.7 Å². The predicted octanol–water partition coefficient (Wildman–Crippen LogP) is 22.3. The molecule has 0 fully saturated rings. The third-order valence-corrected chi connectivity index (χ3v) is 17.0. The van der Waals surface area contributed by atoms with Crippen LogP contribution in [0.3, 0.4) is 0 Å². The Kier molecular flexibility index (Phi) is 15.5. The van der Waals surface area contributed by atoms with Crippen molar-refractivity contribution in [1.29, 1.82) is 0 Å². The smallest absolute Gasteiger partial charge is 0.0461 e. The van der Waals surface area contributed by atoms with E-state index in [1.165, 1.54) is 33.4 Å². The summed E-state index contributed by atoms with van der Waals surface area (Å²) in [4.78, 5) is 9.31. The van der Waals surface area contributed by atoms with E-state index in [4.69, 9.17) is 0 Å². The van der Waals surface area contributed by atoms with Gasteiger partial charge in [-0.25, -0.2) is 0 Å². The number of hydrogen-bond donors (Lipinski definition) is 0. The van der Waals surface area contributed by atoms with E-state index in [9.17, 15) is 0 Å². The molecule has 0 N–H and O–H groups in total. The molecule has 0 radical (unpaired) electrons. The molecule has 0 unspecified atom stereocenters. The fourth-order valence-electron chi connectivity index (χ4n) is 12.3. The van der Waals surface area contributed by atoms with Crippen LogP contribution in [0.5, 0.6) is 0 Å². The van der Waals surface area contributed by atoms with Crippen molar-refractivity contribution in [2.24, 2.45) is 0 Å². The lowest BCUT2D eigenvalue weighted by Gasteiger charge is -2.36. The molecule has 0 saturated heterocycles. The van der Waals surface area contributed by atoms with Crippen molar-refractivity contribution in [3.05, 3.63) is 397 Å². The van der Waals surface area contributed by atoms with E-state index < -0.39 is 10.8 Å². The minimum atomic E-state index is -0.583. The maximum Gasteiger partial charge on any atom is 0.0461 e. The third kappa shape index (κ3) is 10.8. The van der Waals surface area contributed by atoms with E-state index in [2.05, 4.69) is 397 Å². The van der Waals surface area contributed by atoms with Gasteiger partial charge in [0.1, 0.15) is 0 Å². The van der Waals surface area contributed by atoms with Crippen molar-refractivity contribution >= 4 is 68.2 Å². The van der Waals surface area contributed by atoms with E-state index in [1.807, 2.05) is 0 Å². The Morgan fingerprint density at radius 1 is 0.140 bits per heavy atom. The minimum Gasteiger partial charge on any atom is -0.311 e. The van der Waals surface area contributed by atoms with Crippen LogP contribution in [0.25, 0.3) is 0 Å². The number of anilines is 12. The summed E-state index contributed by atoms with van der Waals surface area (Å²) in [5.74, 6) is 0. The highest BCUT2D eigenvalue weighted by molar-refractivity contribution is 5.81. The third-order valence-electron chi connectivity index (χ3n) is 17.0. The molecule has 0 spiro atoms. The summed E-state index contributed by atoms with van der Waals surface area (Å²) in [5.41, 5.74) is 19.1. The van der Waals surface area contributed by atoms with Crippen LogP contribution >= 0.6 is 0 Å². The zero-order chi connectivity index (χ0) is 58.1. The van der Waals surface area contributed by atoms with Crippen LogP contribution in [0, 0.1) is 0 Å². The zero-order valence-electron chi connectivity index (χ0n) is 48.4. The van der Waals surface area contributed by atoms with Gasteiger partial charge in [0.15, 0.2) is 0 Å². The van der Waals surface area contributed by atoms with Crippen molar-refractivity contribution in [2.75, 3.05) is 19.6 Å². The number of hydrogen-bond acceptors (Lipinski definition) is 4. The van der Waals surface area contributed by atoms with Crippen molar-refractivity contribution in [3.8, 4) is 0 Å². The summed E-state index contributed by atoms with van der Waals surface area (Å²) in [6.45, 7) is 4.77. The van der Waals surface area contributed by atoms with Gasteiger partial charge in [0, 0.05) is 79.1 Å².